The summed E-state index contributed by atoms with van der Waals surface area (Å²) >= 11 is 1.71. The van der Waals surface area contributed by atoms with E-state index >= 15 is 0 Å². The number of amides is 1. The molecule has 1 N–H and O–H groups in total. The van der Waals surface area contributed by atoms with Crippen molar-refractivity contribution in [2.45, 2.75) is 51.1 Å². The third-order valence-electron chi connectivity index (χ3n) is 5.43. The molecular weight excluding hydrogens is 358 g/mol. The Kier molecular flexibility index (Phi) is 6.50. The van der Waals surface area contributed by atoms with Gasteiger partial charge in [0.2, 0.25) is 5.91 Å². The van der Waals surface area contributed by atoms with Gasteiger partial charge in [0.05, 0.1) is 12.0 Å². The molecule has 6 heteroatoms. The molecule has 2 aromatic rings. The number of hydrogen-bond donors (Lipinski definition) is 1. The first-order valence-corrected chi connectivity index (χ1v) is 10.5. The van der Waals surface area contributed by atoms with Crippen molar-refractivity contribution in [1.82, 2.24) is 15.2 Å². The van der Waals surface area contributed by atoms with E-state index in [1.165, 1.54) is 4.88 Å². The molecule has 0 saturated carbocycles. The van der Waals surface area contributed by atoms with Crippen LogP contribution in [0.25, 0.3) is 0 Å². The van der Waals surface area contributed by atoms with Crippen LogP contribution >= 0.6 is 11.3 Å². The van der Waals surface area contributed by atoms with Gasteiger partial charge in [-0.15, -0.1) is 11.3 Å². The molecule has 1 aliphatic heterocycles. The lowest BCUT2D eigenvalue weighted by Gasteiger charge is -2.44. The average Bonchev–Trinajstić information content (AvgIpc) is 3.14. The highest BCUT2D eigenvalue weighted by atomic mass is 32.1. The fourth-order valence-corrected chi connectivity index (χ4v) is 4.65. The minimum Gasteiger partial charge on any atom is -0.496 e. The molecule has 3 rings (SSSR count). The number of aromatic nitrogens is 1. The molecule has 1 aliphatic rings. The first-order chi connectivity index (χ1) is 13.1. The van der Waals surface area contributed by atoms with Crippen LogP contribution in [-0.2, 0) is 16.8 Å². The Morgan fingerprint density at radius 2 is 2.22 bits per heavy atom. The summed E-state index contributed by atoms with van der Waals surface area (Å²) < 4.78 is 5.39. The van der Waals surface area contributed by atoms with Crippen molar-refractivity contribution in [1.29, 1.82) is 0 Å². The summed E-state index contributed by atoms with van der Waals surface area (Å²) in [5, 5.41) is 5.61. The van der Waals surface area contributed by atoms with E-state index in [0.717, 1.165) is 43.9 Å². The number of thiophene rings is 1. The maximum Gasteiger partial charge on any atom is 0.222 e. The Bertz CT molecular complexity index is 747. The number of piperidine rings is 1. The van der Waals surface area contributed by atoms with Gasteiger partial charge in [-0.2, -0.15) is 0 Å². The van der Waals surface area contributed by atoms with Crippen LogP contribution in [0.5, 0.6) is 5.75 Å². The van der Waals surface area contributed by atoms with E-state index in [0.29, 0.717) is 6.42 Å². The largest absolute Gasteiger partial charge is 0.496 e. The van der Waals surface area contributed by atoms with Gasteiger partial charge in [0.1, 0.15) is 5.75 Å². The summed E-state index contributed by atoms with van der Waals surface area (Å²) in [5.41, 5.74) is 1.00. The molecule has 1 unspecified atom stereocenters. The summed E-state index contributed by atoms with van der Waals surface area (Å²) in [6.45, 7) is 6.59. The second-order valence-corrected chi connectivity index (χ2v) is 8.45. The monoisotopic (exact) mass is 387 g/mol. The Balaban J connectivity index is 1.70. The van der Waals surface area contributed by atoms with E-state index in [-0.39, 0.29) is 17.4 Å². The third-order valence-corrected chi connectivity index (χ3v) is 6.33. The van der Waals surface area contributed by atoms with Gasteiger partial charge in [-0.25, -0.2) is 0 Å². The highest BCUT2D eigenvalue weighted by molar-refractivity contribution is 7.10. The maximum absolute atomic E-state index is 12.4. The molecule has 5 nitrogen and oxygen atoms in total. The molecular formula is C21H29N3O2S. The Labute approximate surface area is 165 Å². The lowest BCUT2D eigenvalue weighted by atomic mass is 9.73. The number of methoxy groups -OCH3 is 1. The zero-order valence-corrected chi connectivity index (χ0v) is 17.2. The summed E-state index contributed by atoms with van der Waals surface area (Å²) in [7, 11) is 1.71. The van der Waals surface area contributed by atoms with Crippen molar-refractivity contribution in [2.24, 2.45) is 0 Å². The third kappa shape index (κ3) is 4.50. The molecule has 2 aromatic heterocycles. The van der Waals surface area contributed by atoms with E-state index < -0.39 is 0 Å². The molecule has 0 bridgehead atoms. The molecule has 1 saturated heterocycles. The fraction of sp³-hybridized carbons (Fsp3) is 0.524. The van der Waals surface area contributed by atoms with Gasteiger partial charge >= 0.3 is 0 Å². The van der Waals surface area contributed by atoms with Crippen LogP contribution in [0, 0.1) is 0 Å². The van der Waals surface area contributed by atoms with Crippen molar-refractivity contribution >= 4 is 17.2 Å². The van der Waals surface area contributed by atoms with E-state index in [2.05, 4.69) is 35.6 Å². The van der Waals surface area contributed by atoms with E-state index in [9.17, 15) is 4.79 Å². The molecule has 27 heavy (non-hydrogen) atoms. The Hall–Kier alpha value is -1.92. The fourth-order valence-electron chi connectivity index (χ4n) is 3.84. The van der Waals surface area contributed by atoms with Crippen molar-refractivity contribution in [2.75, 3.05) is 20.2 Å². The zero-order valence-electron chi connectivity index (χ0n) is 16.4. The number of carbonyl (C=O) groups excluding carboxylic acids is 1. The highest BCUT2D eigenvalue weighted by Gasteiger charge is 2.41. The number of likely N-dealkylation sites (tertiary alicyclic amines) is 1. The second-order valence-electron chi connectivity index (χ2n) is 7.45. The van der Waals surface area contributed by atoms with Crippen molar-refractivity contribution in [3.63, 3.8) is 0 Å². The Morgan fingerprint density at radius 1 is 1.37 bits per heavy atom. The molecule has 1 fully saturated rings. The number of ether oxygens (including phenoxy) is 1. The predicted molar refractivity (Wildman–Crippen MR) is 109 cm³/mol. The lowest BCUT2D eigenvalue weighted by Crippen LogP contribution is -2.52. The van der Waals surface area contributed by atoms with Gasteiger partial charge < -0.3 is 15.0 Å². The van der Waals surface area contributed by atoms with Crippen LogP contribution in [-0.4, -0.2) is 42.0 Å². The molecule has 0 spiro atoms. The topological polar surface area (TPSA) is 54.5 Å². The van der Waals surface area contributed by atoms with Gasteiger partial charge in [-0.1, -0.05) is 6.07 Å². The molecule has 1 atom stereocenters. The number of rotatable bonds is 8. The lowest BCUT2D eigenvalue weighted by molar-refractivity contribution is -0.137. The molecule has 146 valence electrons. The van der Waals surface area contributed by atoms with Gasteiger partial charge in [0.25, 0.3) is 0 Å². The average molecular weight is 388 g/mol. The molecule has 0 aliphatic carbocycles. The number of nitrogens with zero attached hydrogens (tertiary/aromatic N) is 2. The Morgan fingerprint density at radius 3 is 2.93 bits per heavy atom. The van der Waals surface area contributed by atoms with Crippen molar-refractivity contribution < 1.29 is 9.53 Å². The van der Waals surface area contributed by atoms with Crippen LogP contribution in [0.1, 0.15) is 43.7 Å². The summed E-state index contributed by atoms with van der Waals surface area (Å²) in [4.78, 5) is 20.3. The molecule has 3 heterocycles. The molecule has 0 aromatic carbocycles. The summed E-state index contributed by atoms with van der Waals surface area (Å²) in [6, 6.07) is 8.32. The van der Waals surface area contributed by atoms with Crippen LogP contribution in [0.4, 0.5) is 0 Å². The minimum absolute atomic E-state index is 0.0913. The number of hydrogen-bond acceptors (Lipinski definition) is 5. The normalized spacial score (nSPS) is 20.3. The van der Waals surface area contributed by atoms with Crippen LogP contribution in [0.2, 0.25) is 0 Å². The SMILES string of the molecule is COc1ccsc1CNCCC1(c2ccccn2)CCC(=O)N(C(C)C)C1. The van der Waals surface area contributed by atoms with E-state index in [4.69, 9.17) is 4.74 Å². The van der Waals surface area contributed by atoms with Crippen LogP contribution < -0.4 is 10.1 Å². The first-order valence-electron chi connectivity index (χ1n) is 9.58. The van der Waals surface area contributed by atoms with E-state index in [1.807, 2.05) is 29.3 Å². The van der Waals surface area contributed by atoms with Crippen LogP contribution in [0.3, 0.4) is 0 Å². The van der Waals surface area contributed by atoms with Crippen LogP contribution in [0.15, 0.2) is 35.8 Å². The quantitative estimate of drug-likeness (QED) is 0.703. The van der Waals surface area contributed by atoms with Crippen molar-refractivity contribution in [3.8, 4) is 5.75 Å². The van der Waals surface area contributed by atoms with Crippen molar-refractivity contribution in [3.05, 3.63) is 46.4 Å². The first kappa shape index (κ1) is 19.8. The minimum atomic E-state index is -0.0913. The molecule has 1 amide bonds. The van der Waals surface area contributed by atoms with Gasteiger partial charge in [-0.05, 0) is 56.8 Å². The predicted octanol–water partition coefficient (Wildman–Crippen LogP) is 3.60. The van der Waals surface area contributed by atoms with Gasteiger partial charge in [0.15, 0.2) is 0 Å². The maximum atomic E-state index is 12.4. The summed E-state index contributed by atoms with van der Waals surface area (Å²) in [5.74, 6) is 1.20. The number of nitrogens with one attached hydrogen (secondary N) is 1. The molecule has 0 radical (unpaired) electrons. The summed E-state index contributed by atoms with van der Waals surface area (Å²) in [6.07, 6.45) is 4.26. The van der Waals surface area contributed by atoms with Gasteiger partial charge in [0, 0.05) is 42.9 Å². The smallest absolute Gasteiger partial charge is 0.222 e. The number of pyridine rings is 1. The van der Waals surface area contributed by atoms with E-state index in [1.54, 1.807) is 18.4 Å². The zero-order chi connectivity index (χ0) is 19.3. The number of carbonyl (C=O) groups is 1. The highest BCUT2D eigenvalue weighted by Crippen LogP contribution is 2.37. The second kappa shape index (κ2) is 8.85. The van der Waals surface area contributed by atoms with Gasteiger partial charge in [-0.3, -0.25) is 9.78 Å². The standard InChI is InChI=1S/C21H29N3O2S/c1-16(2)24-15-21(9-7-20(24)25,19-6-4-5-11-23-19)10-12-22-14-18-17(26-3)8-13-27-18/h4-6,8,11,13,16,22H,7,9-10,12,14-15H2,1-3H3.